The molecule has 0 amide bonds. The van der Waals surface area contributed by atoms with Crippen molar-refractivity contribution in [1.82, 2.24) is 15.0 Å². The fourth-order valence-electron chi connectivity index (χ4n) is 8.05. The van der Waals surface area contributed by atoms with Crippen molar-refractivity contribution in [3.63, 3.8) is 0 Å². The van der Waals surface area contributed by atoms with E-state index in [2.05, 4.69) is 170 Å². The summed E-state index contributed by atoms with van der Waals surface area (Å²) < 4.78 is 5.20. The van der Waals surface area contributed by atoms with Crippen molar-refractivity contribution in [2.75, 3.05) is 0 Å². The van der Waals surface area contributed by atoms with Gasteiger partial charge < -0.3 is 0 Å². The Kier molecular flexibility index (Phi) is 8.09. The highest BCUT2D eigenvalue weighted by Gasteiger charge is 2.16. The van der Waals surface area contributed by atoms with Crippen LogP contribution in [0.3, 0.4) is 0 Å². The van der Waals surface area contributed by atoms with E-state index in [1.807, 2.05) is 47.2 Å². The summed E-state index contributed by atoms with van der Waals surface area (Å²) in [7, 11) is 0. The largest absolute Gasteiger partial charge is 0.264 e. The van der Waals surface area contributed by atoms with Crippen LogP contribution in [0.25, 0.3) is 108 Å². The zero-order valence-electron chi connectivity index (χ0n) is 31.0. The summed E-state index contributed by atoms with van der Waals surface area (Å²) in [6.45, 7) is 2.14. The molecule has 0 aliphatic carbocycles. The average Bonchev–Trinajstić information content (AvgIpc) is 3.84. The van der Waals surface area contributed by atoms with Gasteiger partial charge in [0.25, 0.3) is 0 Å². The number of benzene rings is 7. The maximum Gasteiger partial charge on any atom is 0.160 e. The van der Waals surface area contributed by atoms with Crippen LogP contribution in [-0.2, 0) is 0 Å². The summed E-state index contributed by atoms with van der Waals surface area (Å²) >= 11 is 3.70. The molecule has 0 spiro atoms. The van der Waals surface area contributed by atoms with E-state index in [0.717, 1.165) is 55.9 Å². The molecule has 0 fully saturated rings. The Hall–Kier alpha value is -6.79. The van der Waals surface area contributed by atoms with E-state index in [4.69, 9.17) is 9.97 Å². The third kappa shape index (κ3) is 6.09. The first-order valence-corrected chi connectivity index (χ1v) is 20.7. The minimum Gasteiger partial charge on any atom is -0.264 e. The van der Waals surface area contributed by atoms with E-state index < -0.39 is 0 Å². The quantitative estimate of drug-likeness (QED) is 0.169. The van der Waals surface area contributed by atoms with E-state index in [9.17, 15) is 0 Å². The monoisotopic (exact) mass is 763 g/mol. The van der Waals surface area contributed by atoms with E-state index >= 15 is 0 Å². The van der Waals surface area contributed by atoms with Crippen molar-refractivity contribution in [3.05, 3.63) is 188 Å². The zero-order chi connectivity index (χ0) is 37.9. The summed E-state index contributed by atoms with van der Waals surface area (Å²) in [5.41, 5.74) is 12.8. The van der Waals surface area contributed by atoms with Gasteiger partial charge in [0.2, 0.25) is 0 Å². The number of pyridine rings is 1. The second-order valence-electron chi connectivity index (χ2n) is 14.5. The van der Waals surface area contributed by atoms with Gasteiger partial charge in [-0.3, -0.25) is 4.98 Å². The molecule has 0 saturated carbocycles. The highest BCUT2D eigenvalue weighted by Crippen LogP contribution is 2.41. The third-order valence-electron chi connectivity index (χ3n) is 10.9. The predicted octanol–water partition coefficient (Wildman–Crippen LogP) is 14.9. The molecule has 4 heterocycles. The molecule has 3 nitrogen and oxygen atoms in total. The Balaban J connectivity index is 1.12. The fraction of sp³-hybridized carbons (Fsp3) is 0.0192. The first-order chi connectivity index (χ1) is 28.1. The molecular formula is C52H33N3S2. The smallest absolute Gasteiger partial charge is 0.160 e. The summed E-state index contributed by atoms with van der Waals surface area (Å²) in [5, 5.41) is 5.16. The van der Waals surface area contributed by atoms with E-state index in [-0.39, 0.29) is 0 Å². The minimum atomic E-state index is 0.691. The SMILES string of the molecule is Cc1cc(-c2nc(-c3ccccc3)cc(-c3cc(-c4ccc5sc6ccccc6c5c4)cc(-c4ccc5sc6ccccc6c5c4)c3)n2)ccc1-c1cccnc1. The highest BCUT2D eigenvalue weighted by atomic mass is 32.1. The molecule has 5 heteroatoms. The van der Waals surface area contributed by atoms with E-state index in [1.54, 1.807) is 0 Å². The van der Waals surface area contributed by atoms with Crippen LogP contribution in [-0.4, -0.2) is 15.0 Å². The summed E-state index contributed by atoms with van der Waals surface area (Å²) in [5.74, 6) is 0.691. The van der Waals surface area contributed by atoms with Crippen molar-refractivity contribution in [1.29, 1.82) is 0 Å². The molecule has 57 heavy (non-hydrogen) atoms. The van der Waals surface area contributed by atoms with Crippen LogP contribution < -0.4 is 0 Å². The normalized spacial score (nSPS) is 11.6. The van der Waals surface area contributed by atoms with Gasteiger partial charge in [-0.2, -0.15) is 0 Å². The highest BCUT2D eigenvalue weighted by molar-refractivity contribution is 7.26. The molecule has 11 rings (SSSR count). The van der Waals surface area contributed by atoms with Gasteiger partial charge in [0.1, 0.15) is 0 Å². The number of rotatable bonds is 6. The summed E-state index contributed by atoms with van der Waals surface area (Å²) in [6.07, 6.45) is 3.72. The summed E-state index contributed by atoms with van der Waals surface area (Å²) in [4.78, 5) is 14.9. The molecule has 0 unspecified atom stereocenters. The van der Waals surface area contributed by atoms with Crippen LogP contribution in [0.15, 0.2) is 182 Å². The number of fused-ring (bicyclic) bond motifs is 6. The van der Waals surface area contributed by atoms with Gasteiger partial charge in [-0.1, -0.05) is 97.1 Å². The lowest BCUT2D eigenvalue weighted by molar-refractivity contribution is 1.18. The average molecular weight is 764 g/mol. The molecule has 0 bridgehead atoms. The number of thiophene rings is 2. The third-order valence-corrected chi connectivity index (χ3v) is 13.2. The Morgan fingerprint density at radius 2 is 0.912 bits per heavy atom. The molecule has 4 aromatic heterocycles. The van der Waals surface area contributed by atoms with Crippen molar-refractivity contribution in [2.24, 2.45) is 0 Å². The number of hydrogen-bond donors (Lipinski definition) is 0. The van der Waals surface area contributed by atoms with Gasteiger partial charge in [-0.25, -0.2) is 9.97 Å². The van der Waals surface area contributed by atoms with Gasteiger partial charge in [0.05, 0.1) is 11.4 Å². The second-order valence-corrected chi connectivity index (χ2v) is 16.7. The lowest BCUT2D eigenvalue weighted by Crippen LogP contribution is -1.97. The Morgan fingerprint density at radius 3 is 1.53 bits per heavy atom. The van der Waals surface area contributed by atoms with Crippen LogP contribution in [0, 0.1) is 6.92 Å². The van der Waals surface area contributed by atoms with Crippen LogP contribution in [0.2, 0.25) is 0 Å². The number of nitrogens with zero attached hydrogens (tertiary/aromatic N) is 3. The molecule has 11 aromatic rings. The van der Waals surface area contributed by atoms with Crippen molar-refractivity contribution in [2.45, 2.75) is 6.92 Å². The van der Waals surface area contributed by atoms with Gasteiger partial charge in [-0.15, -0.1) is 22.7 Å². The number of aryl methyl sites for hydroxylation is 1. The van der Waals surface area contributed by atoms with E-state index in [1.165, 1.54) is 51.5 Å². The zero-order valence-corrected chi connectivity index (χ0v) is 32.6. The Morgan fingerprint density at radius 1 is 0.368 bits per heavy atom. The number of hydrogen-bond acceptors (Lipinski definition) is 5. The molecule has 7 aromatic carbocycles. The van der Waals surface area contributed by atoms with Gasteiger partial charge in [-0.05, 0) is 113 Å². The molecule has 0 saturated heterocycles. The molecule has 0 aliphatic rings. The maximum absolute atomic E-state index is 5.36. The van der Waals surface area contributed by atoms with Crippen molar-refractivity contribution < 1.29 is 0 Å². The minimum absolute atomic E-state index is 0.691. The van der Waals surface area contributed by atoms with Crippen LogP contribution >= 0.6 is 22.7 Å². The first kappa shape index (κ1) is 33.5. The Bertz CT molecular complexity index is 3180. The standard InChI is InChI=1S/C52H33N3S2/c1-32-24-36(17-20-41(32)37-12-9-23-53-31-37)52-54-46(33-10-3-2-4-11-33)30-47(55-52)40-26-38(34-18-21-50-44(28-34)42-13-5-7-15-48(42)56-50)25-39(27-40)35-19-22-51-45(29-35)43-14-6-8-16-49(43)57-51/h2-31H,1H3. The molecule has 0 radical (unpaired) electrons. The van der Waals surface area contributed by atoms with Crippen molar-refractivity contribution >= 4 is 63.0 Å². The number of aromatic nitrogens is 3. The Labute approximate surface area is 338 Å². The fourth-order valence-corrected chi connectivity index (χ4v) is 10.2. The molecule has 268 valence electrons. The molecule has 0 atom stereocenters. The summed E-state index contributed by atoms with van der Waals surface area (Å²) in [6, 6.07) is 61.3. The lowest BCUT2D eigenvalue weighted by atomic mass is 9.93. The van der Waals surface area contributed by atoms with Gasteiger partial charge in [0.15, 0.2) is 5.82 Å². The molecular weight excluding hydrogens is 731 g/mol. The van der Waals surface area contributed by atoms with Gasteiger partial charge >= 0.3 is 0 Å². The van der Waals surface area contributed by atoms with Crippen LogP contribution in [0.1, 0.15) is 5.56 Å². The second kappa shape index (κ2) is 13.7. The molecule has 0 N–H and O–H groups in total. The van der Waals surface area contributed by atoms with Gasteiger partial charge in [0, 0.05) is 75.0 Å². The topological polar surface area (TPSA) is 38.7 Å². The van der Waals surface area contributed by atoms with Crippen LogP contribution in [0.4, 0.5) is 0 Å². The molecule has 0 aliphatic heterocycles. The maximum atomic E-state index is 5.36. The first-order valence-electron chi connectivity index (χ1n) is 19.1. The van der Waals surface area contributed by atoms with Crippen LogP contribution in [0.5, 0.6) is 0 Å². The van der Waals surface area contributed by atoms with E-state index in [0.29, 0.717) is 5.82 Å². The predicted molar refractivity (Wildman–Crippen MR) is 243 cm³/mol. The van der Waals surface area contributed by atoms with Crippen molar-refractivity contribution in [3.8, 4) is 67.3 Å². The lowest BCUT2D eigenvalue weighted by Gasteiger charge is -2.14.